The lowest BCUT2D eigenvalue weighted by Crippen LogP contribution is -2.46. The number of carbonyl (C=O) groups is 2. The number of likely N-dealkylation sites (tertiary alicyclic amines) is 1. The smallest absolute Gasteiger partial charge is 0.228 e. The predicted molar refractivity (Wildman–Crippen MR) is 97.5 cm³/mol. The lowest BCUT2D eigenvalue weighted by atomic mass is 10.0. The van der Waals surface area contributed by atoms with Crippen LogP contribution >= 0.6 is 12.4 Å². The lowest BCUT2D eigenvalue weighted by Gasteiger charge is -2.33. The third-order valence-electron chi connectivity index (χ3n) is 5.03. The number of rotatable bonds is 3. The average Bonchev–Trinajstić information content (AvgIpc) is 2.97. The van der Waals surface area contributed by atoms with Crippen LogP contribution in [0.3, 0.4) is 0 Å². The first-order chi connectivity index (χ1) is 11.1. The third-order valence-corrected chi connectivity index (χ3v) is 5.03. The van der Waals surface area contributed by atoms with Gasteiger partial charge in [0, 0.05) is 37.8 Å². The van der Waals surface area contributed by atoms with Gasteiger partial charge in [-0.2, -0.15) is 0 Å². The molecule has 0 radical (unpaired) electrons. The second-order valence-electron chi connectivity index (χ2n) is 6.63. The Kier molecular flexibility index (Phi) is 6.24. The monoisotopic (exact) mass is 351 g/mol. The van der Waals surface area contributed by atoms with Crippen LogP contribution in [-0.2, 0) is 9.59 Å². The molecule has 2 fully saturated rings. The SMILES string of the molecule is CNC1CCN(C(=O)C2CC(=O)N(c3ccc(C)cc3)C2)CC1.Cl. The Morgan fingerprint density at radius 1 is 1.17 bits per heavy atom. The normalized spacial score (nSPS) is 21.8. The number of hydrogen-bond donors (Lipinski definition) is 1. The Bertz CT molecular complexity index is 582. The van der Waals surface area contributed by atoms with Gasteiger partial charge in [-0.15, -0.1) is 12.4 Å². The molecule has 2 amide bonds. The lowest BCUT2D eigenvalue weighted by molar-refractivity contribution is -0.136. The largest absolute Gasteiger partial charge is 0.342 e. The van der Waals surface area contributed by atoms with Crippen LogP contribution in [0.15, 0.2) is 24.3 Å². The summed E-state index contributed by atoms with van der Waals surface area (Å²) in [4.78, 5) is 28.7. The molecule has 1 N–H and O–H groups in total. The van der Waals surface area contributed by atoms with E-state index in [-0.39, 0.29) is 30.1 Å². The molecule has 0 saturated carbocycles. The van der Waals surface area contributed by atoms with Crippen molar-refractivity contribution in [3.8, 4) is 0 Å². The van der Waals surface area contributed by atoms with Gasteiger partial charge in [-0.3, -0.25) is 9.59 Å². The molecule has 1 atom stereocenters. The van der Waals surface area contributed by atoms with E-state index in [1.807, 2.05) is 43.1 Å². The van der Waals surface area contributed by atoms with Gasteiger partial charge >= 0.3 is 0 Å². The number of halogens is 1. The second-order valence-corrected chi connectivity index (χ2v) is 6.63. The van der Waals surface area contributed by atoms with Crippen molar-refractivity contribution in [1.29, 1.82) is 0 Å². The quantitative estimate of drug-likeness (QED) is 0.906. The molecule has 1 aromatic rings. The highest BCUT2D eigenvalue weighted by Gasteiger charge is 2.37. The van der Waals surface area contributed by atoms with Gasteiger partial charge in [-0.1, -0.05) is 17.7 Å². The summed E-state index contributed by atoms with van der Waals surface area (Å²) < 4.78 is 0. The topological polar surface area (TPSA) is 52.7 Å². The summed E-state index contributed by atoms with van der Waals surface area (Å²) in [5.41, 5.74) is 2.06. The van der Waals surface area contributed by atoms with Crippen LogP contribution in [0.4, 0.5) is 5.69 Å². The number of piperidine rings is 1. The second kappa shape index (κ2) is 7.99. The van der Waals surface area contributed by atoms with E-state index >= 15 is 0 Å². The van der Waals surface area contributed by atoms with E-state index in [4.69, 9.17) is 0 Å². The Hall–Kier alpha value is -1.59. The minimum Gasteiger partial charge on any atom is -0.342 e. The summed E-state index contributed by atoms with van der Waals surface area (Å²) in [6.45, 7) is 4.11. The van der Waals surface area contributed by atoms with E-state index in [1.54, 1.807) is 4.90 Å². The molecule has 2 aliphatic heterocycles. The number of benzene rings is 1. The zero-order chi connectivity index (χ0) is 16.4. The van der Waals surface area contributed by atoms with Crippen LogP contribution in [0.1, 0.15) is 24.8 Å². The molecule has 2 aliphatic rings. The molecule has 24 heavy (non-hydrogen) atoms. The van der Waals surface area contributed by atoms with E-state index in [1.165, 1.54) is 5.56 Å². The number of amides is 2. The van der Waals surface area contributed by atoms with Crippen LogP contribution in [0, 0.1) is 12.8 Å². The highest BCUT2D eigenvalue weighted by atomic mass is 35.5. The maximum Gasteiger partial charge on any atom is 0.228 e. The van der Waals surface area contributed by atoms with E-state index < -0.39 is 0 Å². The molecule has 2 saturated heterocycles. The molecule has 5 nitrogen and oxygen atoms in total. The fraction of sp³-hybridized carbons (Fsp3) is 0.556. The fourth-order valence-electron chi connectivity index (χ4n) is 3.49. The van der Waals surface area contributed by atoms with Crippen molar-refractivity contribution in [3.63, 3.8) is 0 Å². The van der Waals surface area contributed by atoms with E-state index in [0.29, 0.717) is 19.0 Å². The molecule has 0 aliphatic carbocycles. The minimum absolute atomic E-state index is 0. The maximum atomic E-state index is 12.7. The summed E-state index contributed by atoms with van der Waals surface area (Å²) in [5.74, 6) is -0.00484. The van der Waals surface area contributed by atoms with Gasteiger partial charge in [0.25, 0.3) is 0 Å². The first-order valence-electron chi connectivity index (χ1n) is 8.41. The first kappa shape index (κ1) is 18.7. The Labute approximate surface area is 149 Å². The van der Waals surface area contributed by atoms with Crippen molar-refractivity contribution in [2.24, 2.45) is 5.92 Å². The van der Waals surface area contributed by atoms with E-state index in [9.17, 15) is 9.59 Å². The van der Waals surface area contributed by atoms with Crippen molar-refractivity contribution in [1.82, 2.24) is 10.2 Å². The number of anilines is 1. The average molecular weight is 352 g/mol. The number of carbonyl (C=O) groups excluding carboxylic acids is 2. The van der Waals surface area contributed by atoms with Crippen molar-refractivity contribution in [2.75, 3.05) is 31.6 Å². The summed E-state index contributed by atoms with van der Waals surface area (Å²) in [6.07, 6.45) is 2.31. The molecular weight excluding hydrogens is 326 g/mol. The van der Waals surface area contributed by atoms with Gasteiger partial charge in [-0.05, 0) is 38.9 Å². The van der Waals surface area contributed by atoms with Crippen LogP contribution in [0.5, 0.6) is 0 Å². The van der Waals surface area contributed by atoms with Crippen molar-refractivity contribution in [3.05, 3.63) is 29.8 Å². The van der Waals surface area contributed by atoms with Crippen LogP contribution < -0.4 is 10.2 Å². The molecule has 132 valence electrons. The first-order valence-corrected chi connectivity index (χ1v) is 8.41. The Morgan fingerprint density at radius 3 is 2.38 bits per heavy atom. The highest BCUT2D eigenvalue weighted by Crippen LogP contribution is 2.27. The zero-order valence-electron chi connectivity index (χ0n) is 14.3. The van der Waals surface area contributed by atoms with Gasteiger partial charge < -0.3 is 15.1 Å². The van der Waals surface area contributed by atoms with E-state index in [2.05, 4.69) is 5.32 Å². The molecule has 0 bridgehead atoms. The fourth-order valence-corrected chi connectivity index (χ4v) is 3.49. The molecule has 6 heteroatoms. The van der Waals surface area contributed by atoms with Gasteiger partial charge in [0.2, 0.25) is 11.8 Å². The molecule has 2 heterocycles. The zero-order valence-corrected chi connectivity index (χ0v) is 15.1. The van der Waals surface area contributed by atoms with Gasteiger partial charge in [0.05, 0.1) is 5.92 Å². The van der Waals surface area contributed by atoms with Crippen LogP contribution in [0.25, 0.3) is 0 Å². The van der Waals surface area contributed by atoms with Gasteiger partial charge in [0.15, 0.2) is 0 Å². The standard InChI is InChI=1S/C18H25N3O2.ClH/c1-13-3-5-16(6-4-13)21-12-14(11-17(21)22)18(23)20-9-7-15(19-2)8-10-20;/h3-6,14-15,19H,7-12H2,1-2H3;1H. The van der Waals surface area contributed by atoms with Crippen LogP contribution in [-0.4, -0.2) is 49.4 Å². The molecule has 0 spiro atoms. The van der Waals surface area contributed by atoms with Crippen LogP contribution in [0.2, 0.25) is 0 Å². The number of aryl methyl sites for hydroxylation is 1. The Morgan fingerprint density at radius 2 is 1.79 bits per heavy atom. The molecule has 1 aromatic carbocycles. The summed E-state index contributed by atoms with van der Waals surface area (Å²) in [5, 5.41) is 3.27. The number of nitrogens with one attached hydrogen (secondary N) is 1. The maximum absolute atomic E-state index is 12.7. The molecule has 3 rings (SSSR count). The van der Waals surface area contributed by atoms with Crippen molar-refractivity contribution < 1.29 is 9.59 Å². The third kappa shape index (κ3) is 3.90. The number of hydrogen-bond acceptors (Lipinski definition) is 3. The summed E-state index contributed by atoms with van der Waals surface area (Å²) in [6, 6.07) is 8.42. The van der Waals surface area contributed by atoms with Crippen molar-refractivity contribution >= 4 is 29.9 Å². The van der Waals surface area contributed by atoms with Gasteiger partial charge in [-0.25, -0.2) is 0 Å². The number of nitrogens with zero attached hydrogens (tertiary/aromatic N) is 2. The molecule has 0 aromatic heterocycles. The Balaban J connectivity index is 0.00000208. The van der Waals surface area contributed by atoms with Gasteiger partial charge in [0.1, 0.15) is 0 Å². The van der Waals surface area contributed by atoms with E-state index in [0.717, 1.165) is 31.6 Å². The highest BCUT2D eigenvalue weighted by molar-refractivity contribution is 6.00. The molecule has 1 unspecified atom stereocenters. The summed E-state index contributed by atoms with van der Waals surface area (Å²) in [7, 11) is 1.97. The van der Waals surface area contributed by atoms with Crippen molar-refractivity contribution in [2.45, 2.75) is 32.2 Å². The summed E-state index contributed by atoms with van der Waals surface area (Å²) >= 11 is 0. The minimum atomic E-state index is -0.199. The predicted octanol–water partition coefficient (Wildman–Crippen LogP) is 1.98. The molecular formula is C18H26ClN3O2.